The highest BCUT2D eigenvalue weighted by atomic mass is 28.4. The quantitative estimate of drug-likeness (QED) is 0.142. The van der Waals surface area contributed by atoms with Gasteiger partial charge in [0.1, 0.15) is 6.79 Å². The van der Waals surface area contributed by atoms with Gasteiger partial charge in [-0.05, 0) is 83.3 Å². The highest BCUT2D eigenvalue weighted by Gasteiger charge is 2.37. The lowest BCUT2D eigenvalue weighted by Gasteiger charge is -2.36. The van der Waals surface area contributed by atoms with Crippen LogP contribution in [0.1, 0.15) is 101 Å². The van der Waals surface area contributed by atoms with Gasteiger partial charge >= 0.3 is 0 Å². The van der Waals surface area contributed by atoms with Crippen LogP contribution in [0.15, 0.2) is 12.7 Å². The molecule has 2 fully saturated rings. The third kappa shape index (κ3) is 15.2. The van der Waals surface area contributed by atoms with Gasteiger partial charge in [-0.1, -0.05) is 47.6 Å². The molecule has 0 bridgehead atoms. The van der Waals surface area contributed by atoms with E-state index in [-0.39, 0.29) is 17.7 Å². The number of rotatable bonds is 9. The van der Waals surface area contributed by atoms with E-state index in [4.69, 9.17) is 23.7 Å². The molecule has 0 spiro atoms. The molecule has 0 radical (unpaired) electrons. The van der Waals surface area contributed by atoms with Crippen molar-refractivity contribution in [1.29, 1.82) is 0 Å². The van der Waals surface area contributed by atoms with Crippen LogP contribution in [0.25, 0.3) is 0 Å². The van der Waals surface area contributed by atoms with Crippen molar-refractivity contribution in [1.82, 2.24) is 0 Å². The normalized spacial score (nSPS) is 28.7. The van der Waals surface area contributed by atoms with Crippen LogP contribution in [-0.2, 0) is 18.6 Å². The lowest BCUT2D eigenvalue weighted by atomic mass is 9.90. The average Bonchev–Trinajstić information content (AvgIpc) is 3.23. The highest BCUT2D eigenvalue weighted by Crippen LogP contribution is 2.36. The fraction of sp³-hybridized carbons (Fsp3) is 0.933. The minimum atomic E-state index is -1.67. The first-order valence-corrected chi connectivity index (χ1v) is 17.1. The lowest BCUT2D eigenvalue weighted by molar-refractivity contribution is -0.0235. The van der Waals surface area contributed by atoms with Gasteiger partial charge in [-0.15, -0.1) is 6.58 Å². The average molecular weight is 531 g/mol. The molecule has 216 valence electrons. The van der Waals surface area contributed by atoms with E-state index in [2.05, 4.69) is 75.1 Å². The molecule has 2 aliphatic rings. The van der Waals surface area contributed by atoms with E-state index in [9.17, 15) is 0 Å². The summed E-state index contributed by atoms with van der Waals surface area (Å²) >= 11 is 0. The Kier molecular flexibility index (Phi) is 16.5. The first-order chi connectivity index (χ1) is 16.4. The number of ether oxygens (including phenoxy) is 3. The Morgan fingerprint density at radius 2 is 1.42 bits per heavy atom. The van der Waals surface area contributed by atoms with Crippen LogP contribution in [0.5, 0.6) is 0 Å². The van der Waals surface area contributed by atoms with Gasteiger partial charge < -0.3 is 23.7 Å². The monoisotopic (exact) mass is 530 g/mol. The fourth-order valence-electron chi connectivity index (χ4n) is 4.11. The van der Waals surface area contributed by atoms with E-state index < -0.39 is 8.32 Å². The summed E-state index contributed by atoms with van der Waals surface area (Å²) in [7, 11) is -1.67. The van der Waals surface area contributed by atoms with Crippen LogP contribution in [-0.4, -0.2) is 57.8 Å². The number of hydrogen-bond donors (Lipinski definition) is 1. The van der Waals surface area contributed by atoms with Crippen molar-refractivity contribution in [3.05, 3.63) is 12.7 Å². The molecule has 36 heavy (non-hydrogen) atoms. The molecule has 0 saturated carbocycles. The van der Waals surface area contributed by atoms with Crippen LogP contribution in [0.3, 0.4) is 0 Å². The zero-order chi connectivity index (χ0) is 28.2. The van der Waals surface area contributed by atoms with Gasteiger partial charge in [0, 0.05) is 18.4 Å². The van der Waals surface area contributed by atoms with E-state index in [0.717, 1.165) is 25.9 Å². The maximum absolute atomic E-state index is 8.77. The number of aliphatic hydroxyl groups excluding tert-OH is 1. The van der Waals surface area contributed by atoms with Crippen molar-refractivity contribution in [2.45, 2.75) is 144 Å². The summed E-state index contributed by atoms with van der Waals surface area (Å²) in [5.41, 5.74) is 0.503. The molecule has 0 amide bonds. The number of hydrogen-bond acceptors (Lipinski definition) is 5. The zero-order valence-electron chi connectivity index (χ0n) is 26.0. The first kappa shape index (κ1) is 35.8. The van der Waals surface area contributed by atoms with Crippen LogP contribution >= 0.6 is 0 Å². The molecule has 0 aromatic rings. The third-order valence-electron chi connectivity index (χ3n) is 7.70. The zero-order valence-corrected chi connectivity index (χ0v) is 27.0. The highest BCUT2D eigenvalue weighted by molar-refractivity contribution is 6.74. The molecular formula is C30H62O5Si. The lowest BCUT2D eigenvalue weighted by Crippen LogP contribution is -2.41. The van der Waals surface area contributed by atoms with Gasteiger partial charge in [-0.25, -0.2) is 0 Å². The largest absolute Gasteiger partial charge is 0.396 e. The van der Waals surface area contributed by atoms with Gasteiger partial charge in [0.05, 0.1) is 31.0 Å². The standard InChI is InChI=1S/C14H30O3Si.C9H18.C7H14O2/c1-11-8-13(12(2)17-11)9-15-10-16-18(6,7)14(3,4)5;1-5-6-7-8-9(2,3)4;1-5-3-7(4-8)6(2)9-5/h11-13H,8-10H2,1-7H3;5H,1,6-8H2,2-4H3;5-8H,3-4H2,1-2H3/t11?,12?,13-;;5?,6?,7-/m0.0/s1. The third-order valence-corrected chi connectivity index (χ3v) is 12.2. The van der Waals surface area contributed by atoms with Crippen molar-refractivity contribution in [2.24, 2.45) is 17.3 Å². The SMILES string of the molecule is C=CCCCC(C)(C)C.CC1C[C@@H](CO)C(C)O1.CC1C[C@@H](COCO[Si](C)(C)C(C)(C)C)C(C)O1. The van der Waals surface area contributed by atoms with Crippen LogP contribution < -0.4 is 0 Å². The summed E-state index contributed by atoms with van der Waals surface area (Å²) in [6.45, 7) is 31.5. The van der Waals surface area contributed by atoms with E-state index in [1.807, 2.05) is 19.9 Å². The minimum Gasteiger partial charge on any atom is -0.396 e. The molecule has 2 aliphatic heterocycles. The molecule has 6 atom stereocenters. The molecule has 2 rings (SSSR count). The van der Waals surface area contributed by atoms with Crippen molar-refractivity contribution in [2.75, 3.05) is 20.0 Å². The minimum absolute atomic E-state index is 0.245. The maximum atomic E-state index is 8.77. The van der Waals surface area contributed by atoms with E-state index in [0.29, 0.717) is 42.4 Å². The molecule has 1 N–H and O–H groups in total. The Balaban J connectivity index is 0.000000570. The second-order valence-corrected chi connectivity index (χ2v) is 18.4. The molecule has 5 nitrogen and oxygen atoms in total. The van der Waals surface area contributed by atoms with Crippen molar-refractivity contribution >= 4 is 8.32 Å². The van der Waals surface area contributed by atoms with Crippen LogP contribution in [0.4, 0.5) is 0 Å². The topological polar surface area (TPSA) is 57.2 Å². The summed E-state index contributed by atoms with van der Waals surface area (Å²) in [6.07, 6.45) is 9.14. The Hall–Kier alpha value is -0.243. The van der Waals surface area contributed by atoms with E-state index >= 15 is 0 Å². The summed E-state index contributed by atoms with van der Waals surface area (Å²) in [5.74, 6) is 0.892. The van der Waals surface area contributed by atoms with Crippen molar-refractivity contribution in [3.8, 4) is 0 Å². The fourth-order valence-corrected chi connectivity index (χ4v) is 4.92. The molecule has 2 heterocycles. The van der Waals surface area contributed by atoms with Crippen LogP contribution in [0.2, 0.25) is 18.1 Å². The van der Waals surface area contributed by atoms with Crippen molar-refractivity contribution in [3.63, 3.8) is 0 Å². The predicted octanol–water partition coefficient (Wildman–Crippen LogP) is 7.98. The van der Waals surface area contributed by atoms with Gasteiger partial charge in [-0.3, -0.25) is 0 Å². The number of unbranched alkanes of at least 4 members (excludes halogenated alkanes) is 1. The van der Waals surface area contributed by atoms with E-state index in [1.54, 1.807) is 0 Å². The summed E-state index contributed by atoms with van der Waals surface area (Å²) in [6, 6.07) is 0. The first-order valence-electron chi connectivity index (χ1n) is 14.2. The Bertz CT molecular complexity index is 581. The molecule has 6 heteroatoms. The molecule has 4 unspecified atom stereocenters. The summed E-state index contributed by atoms with van der Waals surface area (Å²) < 4.78 is 22.8. The van der Waals surface area contributed by atoms with Gasteiger partial charge in [0.25, 0.3) is 0 Å². The molecule has 0 aromatic carbocycles. The summed E-state index contributed by atoms with van der Waals surface area (Å²) in [4.78, 5) is 0. The van der Waals surface area contributed by atoms with Gasteiger partial charge in [-0.2, -0.15) is 0 Å². The smallest absolute Gasteiger partial charge is 0.195 e. The van der Waals surface area contributed by atoms with Crippen molar-refractivity contribution < 1.29 is 23.7 Å². The molecular weight excluding hydrogens is 468 g/mol. The Morgan fingerprint density at radius 3 is 1.75 bits per heavy atom. The molecule has 0 aliphatic carbocycles. The summed E-state index contributed by atoms with van der Waals surface area (Å²) in [5, 5.41) is 9.02. The van der Waals surface area contributed by atoms with Gasteiger partial charge in [0.15, 0.2) is 8.32 Å². The molecule has 0 aromatic heterocycles. The van der Waals surface area contributed by atoms with Crippen LogP contribution in [0, 0.1) is 17.3 Å². The maximum Gasteiger partial charge on any atom is 0.195 e. The molecule has 2 saturated heterocycles. The Labute approximate surface area is 225 Å². The predicted molar refractivity (Wildman–Crippen MR) is 156 cm³/mol. The van der Waals surface area contributed by atoms with Gasteiger partial charge in [0.2, 0.25) is 0 Å². The van der Waals surface area contributed by atoms with E-state index in [1.165, 1.54) is 12.8 Å². The second kappa shape index (κ2) is 16.7. The number of aliphatic hydroxyl groups is 1. The Morgan fingerprint density at radius 1 is 0.917 bits per heavy atom. The second-order valence-electron chi connectivity index (χ2n) is 13.6. The number of allylic oxidation sites excluding steroid dienone is 1.